The maximum absolute atomic E-state index is 13.0. The molecule has 1 atom stereocenters. The lowest BCUT2D eigenvalue weighted by Gasteiger charge is -2.31. The van der Waals surface area contributed by atoms with Crippen LogP contribution in [0.15, 0.2) is 24.3 Å². The van der Waals surface area contributed by atoms with Crippen molar-refractivity contribution < 1.29 is 19.4 Å². The standard InChI is InChI=1S/C18H25NO4/c1-13-5-7-14(8-6-13)17(2,3)15(20)19-10-9-18(11-19,12-23-4)16(21)22/h5-8H,9-12H2,1-4H3,(H,21,22). The van der Waals surface area contributed by atoms with Crippen LogP contribution in [0.1, 0.15) is 31.4 Å². The van der Waals surface area contributed by atoms with Crippen LogP contribution in [0.25, 0.3) is 0 Å². The predicted molar refractivity (Wildman–Crippen MR) is 87.3 cm³/mol. The highest BCUT2D eigenvalue weighted by Gasteiger charge is 2.48. The van der Waals surface area contributed by atoms with Crippen LogP contribution >= 0.6 is 0 Å². The molecule has 1 saturated heterocycles. The van der Waals surface area contributed by atoms with Crippen molar-refractivity contribution in [3.8, 4) is 0 Å². The summed E-state index contributed by atoms with van der Waals surface area (Å²) in [5, 5.41) is 9.53. The van der Waals surface area contributed by atoms with Gasteiger partial charge < -0.3 is 14.7 Å². The van der Waals surface area contributed by atoms with Gasteiger partial charge in [0.2, 0.25) is 5.91 Å². The Morgan fingerprint density at radius 1 is 1.30 bits per heavy atom. The Labute approximate surface area is 137 Å². The summed E-state index contributed by atoms with van der Waals surface area (Å²) in [6.45, 7) is 6.55. The molecule has 1 aliphatic rings. The fraction of sp³-hybridized carbons (Fsp3) is 0.556. The van der Waals surface area contributed by atoms with Gasteiger partial charge in [0.15, 0.2) is 0 Å². The van der Waals surface area contributed by atoms with E-state index in [1.165, 1.54) is 7.11 Å². The summed E-state index contributed by atoms with van der Waals surface area (Å²) < 4.78 is 5.08. The fourth-order valence-corrected chi connectivity index (χ4v) is 3.17. The van der Waals surface area contributed by atoms with Gasteiger partial charge in [-0.2, -0.15) is 0 Å². The molecule has 5 nitrogen and oxygen atoms in total. The Morgan fingerprint density at radius 2 is 1.91 bits per heavy atom. The van der Waals surface area contributed by atoms with Crippen molar-refractivity contribution in [2.24, 2.45) is 5.41 Å². The summed E-state index contributed by atoms with van der Waals surface area (Å²) in [5.74, 6) is -0.941. The first kappa shape index (κ1) is 17.5. The minimum atomic E-state index is -0.992. The van der Waals surface area contributed by atoms with Crippen molar-refractivity contribution in [3.05, 3.63) is 35.4 Å². The number of rotatable bonds is 5. The number of hydrogen-bond donors (Lipinski definition) is 1. The molecule has 0 saturated carbocycles. The molecule has 0 radical (unpaired) electrons. The smallest absolute Gasteiger partial charge is 0.313 e. The highest BCUT2D eigenvalue weighted by Crippen LogP contribution is 2.35. The van der Waals surface area contributed by atoms with Crippen LogP contribution in [0, 0.1) is 12.3 Å². The first-order valence-electron chi connectivity index (χ1n) is 7.82. The third-order valence-corrected chi connectivity index (χ3v) is 4.82. The van der Waals surface area contributed by atoms with E-state index < -0.39 is 16.8 Å². The van der Waals surface area contributed by atoms with Gasteiger partial charge in [0, 0.05) is 20.2 Å². The van der Waals surface area contributed by atoms with Crippen molar-refractivity contribution in [3.63, 3.8) is 0 Å². The third kappa shape index (κ3) is 3.24. The molecule has 2 rings (SSSR count). The summed E-state index contributed by atoms with van der Waals surface area (Å²) in [5.41, 5.74) is 0.402. The zero-order chi connectivity index (χ0) is 17.3. The van der Waals surface area contributed by atoms with Crippen LogP contribution < -0.4 is 0 Å². The SMILES string of the molecule is COCC1(C(=O)O)CCN(C(=O)C(C)(C)c2ccc(C)cc2)C1. The molecule has 1 N–H and O–H groups in total. The number of carbonyl (C=O) groups is 2. The number of likely N-dealkylation sites (tertiary alicyclic amines) is 1. The van der Waals surface area contributed by atoms with Crippen molar-refractivity contribution >= 4 is 11.9 Å². The van der Waals surface area contributed by atoms with Gasteiger partial charge in [-0.15, -0.1) is 0 Å². The number of hydrogen-bond acceptors (Lipinski definition) is 3. The van der Waals surface area contributed by atoms with E-state index in [-0.39, 0.29) is 19.1 Å². The summed E-state index contributed by atoms with van der Waals surface area (Å²) in [7, 11) is 1.49. The van der Waals surface area contributed by atoms with Crippen LogP contribution in [-0.4, -0.2) is 48.7 Å². The second-order valence-corrected chi connectivity index (χ2v) is 6.99. The highest BCUT2D eigenvalue weighted by molar-refractivity contribution is 5.89. The van der Waals surface area contributed by atoms with Crippen molar-refractivity contribution in [1.29, 1.82) is 0 Å². The number of ether oxygens (including phenoxy) is 1. The Kier molecular flexibility index (Phi) is 4.80. The molecule has 0 bridgehead atoms. The van der Waals surface area contributed by atoms with Crippen LogP contribution in [-0.2, 0) is 19.7 Å². The number of carboxylic acid groups (broad SMARTS) is 1. The van der Waals surface area contributed by atoms with E-state index in [1.54, 1.807) is 4.90 Å². The number of carboxylic acids is 1. The molecule has 1 heterocycles. The van der Waals surface area contributed by atoms with E-state index in [9.17, 15) is 14.7 Å². The summed E-state index contributed by atoms with van der Waals surface area (Å²) in [4.78, 5) is 26.2. The van der Waals surface area contributed by atoms with Gasteiger partial charge in [-0.3, -0.25) is 9.59 Å². The molecule has 0 aromatic heterocycles. The van der Waals surface area contributed by atoms with Gasteiger partial charge in [-0.25, -0.2) is 0 Å². The van der Waals surface area contributed by atoms with Gasteiger partial charge in [0.25, 0.3) is 0 Å². The van der Waals surface area contributed by atoms with Crippen molar-refractivity contribution in [2.45, 2.75) is 32.6 Å². The van der Waals surface area contributed by atoms with Gasteiger partial charge in [0.05, 0.1) is 12.0 Å². The second kappa shape index (κ2) is 6.32. The lowest BCUT2D eigenvalue weighted by molar-refractivity contribution is -0.152. The molecule has 1 amide bonds. The molecule has 23 heavy (non-hydrogen) atoms. The van der Waals surface area contributed by atoms with Crippen molar-refractivity contribution in [1.82, 2.24) is 4.90 Å². The van der Waals surface area contributed by atoms with E-state index in [2.05, 4.69) is 0 Å². The zero-order valence-electron chi connectivity index (χ0n) is 14.3. The van der Waals surface area contributed by atoms with E-state index >= 15 is 0 Å². The van der Waals surface area contributed by atoms with Gasteiger partial charge >= 0.3 is 5.97 Å². The van der Waals surface area contributed by atoms with Crippen LogP contribution in [0.2, 0.25) is 0 Å². The number of benzene rings is 1. The van der Waals surface area contributed by atoms with E-state index in [0.717, 1.165) is 11.1 Å². The largest absolute Gasteiger partial charge is 0.481 e. The number of nitrogens with zero attached hydrogens (tertiary/aromatic N) is 1. The number of aliphatic carboxylic acids is 1. The zero-order valence-corrected chi connectivity index (χ0v) is 14.3. The molecule has 1 aromatic carbocycles. The Balaban J connectivity index is 2.20. The Morgan fingerprint density at radius 3 is 2.43 bits per heavy atom. The summed E-state index contributed by atoms with van der Waals surface area (Å²) in [6, 6.07) is 7.90. The molecule has 1 fully saturated rings. The average molecular weight is 319 g/mol. The molecule has 0 spiro atoms. The Hall–Kier alpha value is -1.88. The van der Waals surface area contributed by atoms with Gasteiger partial charge in [-0.05, 0) is 32.8 Å². The van der Waals surface area contributed by atoms with Crippen LogP contribution in [0.5, 0.6) is 0 Å². The lowest BCUT2D eigenvalue weighted by Crippen LogP contribution is -2.45. The summed E-state index contributed by atoms with van der Waals surface area (Å²) >= 11 is 0. The highest BCUT2D eigenvalue weighted by atomic mass is 16.5. The first-order valence-corrected chi connectivity index (χ1v) is 7.82. The predicted octanol–water partition coefficient (Wildman–Crippen LogP) is 2.22. The first-order chi connectivity index (χ1) is 10.7. The minimum absolute atomic E-state index is 0.0411. The molecule has 126 valence electrons. The minimum Gasteiger partial charge on any atom is -0.481 e. The monoisotopic (exact) mass is 319 g/mol. The molecule has 0 aliphatic carbocycles. The fourth-order valence-electron chi connectivity index (χ4n) is 3.17. The van der Waals surface area contributed by atoms with Crippen molar-refractivity contribution in [2.75, 3.05) is 26.8 Å². The van der Waals surface area contributed by atoms with E-state index in [1.807, 2.05) is 45.0 Å². The van der Waals surface area contributed by atoms with Gasteiger partial charge in [-0.1, -0.05) is 29.8 Å². The number of amides is 1. The molecule has 1 unspecified atom stereocenters. The molecule has 5 heteroatoms. The maximum atomic E-state index is 13.0. The number of aryl methyl sites for hydroxylation is 1. The van der Waals surface area contributed by atoms with E-state index in [4.69, 9.17) is 4.74 Å². The second-order valence-electron chi connectivity index (χ2n) is 6.99. The lowest BCUT2D eigenvalue weighted by atomic mass is 9.82. The molecule has 1 aliphatic heterocycles. The molecule has 1 aromatic rings. The maximum Gasteiger partial charge on any atom is 0.313 e. The van der Waals surface area contributed by atoms with Gasteiger partial charge in [0.1, 0.15) is 5.41 Å². The van der Waals surface area contributed by atoms with E-state index in [0.29, 0.717) is 13.0 Å². The molecular weight excluding hydrogens is 294 g/mol. The van der Waals surface area contributed by atoms with Crippen LogP contribution in [0.3, 0.4) is 0 Å². The normalized spacial score (nSPS) is 21.5. The quantitative estimate of drug-likeness (QED) is 0.904. The summed E-state index contributed by atoms with van der Waals surface area (Å²) in [6.07, 6.45) is 0.423. The number of carbonyl (C=O) groups excluding carboxylic acids is 1. The average Bonchev–Trinajstić information content (AvgIpc) is 2.93. The third-order valence-electron chi connectivity index (χ3n) is 4.82. The Bertz CT molecular complexity index is 594. The topological polar surface area (TPSA) is 66.8 Å². The molecular formula is C18H25NO4. The van der Waals surface area contributed by atoms with Crippen LogP contribution in [0.4, 0.5) is 0 Å². The number of methoxy groups -OCH3 is 1.